The van der Waals surface area contributed by atoms with Crippen LogP contribution in [0.5, 0.6) is 0 Å². The molecule has 0 amide bonds. The van der Waals surface area contributed by atoms with E-state index in [1.54, 1.807) is 0 Å². The van der Waals surface area contributed by atoms with Gasteiger partial charge in [0.25, 0.3) is 0 Å². The first-order chi connectivity index (χ1) is 13.6. The highest BCUT2D eigenvalue weighted by Gasteiger charge is 2.28. The first-order valence-electron chi connectivity index (χ1n) is 11.7. The first-order valence-corrected chi connectivity index (χ1v) is 11.7. The molecule has 0 saturated carbocycles. The minimum atomic E-state index is -0.724. The maximum atomic E-state index is 11.7. The molecule has 0 atom stereocenters. The highest BCUT2D eigenvalue weighted by Crippen LogP contribution is 2.20. The van der Waals surface area contributed by atoms with E-state index in [1.807, 2.05) is 13.0 Å². The summed E-state index contributed by atoms with van der Waals surface area (Å²) in [6.45, 7) is 3.81. The maximum absolute atomic E-state index is 11.7. The Hall–Kier alpha value is -0.870. The lowest BCUT2D eigenvalue weighted by atomic mass is 9.88. The van der Waals surface area contributed by atoms with Gasteiger partial charge in [0.05, 0.1) is 18.6 Å². The summed E-state index contributed by atoms with van der Waals surface area (Å²) in [5, 5.41) is 18.7. The fourth-order valence-corrected chi connectivity index (χ4v) is 3.20. The molecule has 0 radical (unpaired) electrons. The lowest BCUT2D eigenvalue weighted by Crippen LogP contribution is -2.35. The second-order valence-electron chi connectivity index (χ2n) is 8.21. The molecule has 4 heteroatoms. The van der Waals surface area contributed by atoms with Crippen LogP contribution in [-0.4, -0.2) is 36.0 Å². The van der Waals surface area contributed by atoms with Gasteiger partial charge in [-0.2, -0.15) is 0 Å². The van der Waals surface area contributed by atoms with Gasteiger partial charge in [0.1, 0.15) is 6.61 Å². The third kappa shape index (κ3) is 15.1. The molecule has 166 valence electrons. The van der Waals surface area contributed by atoms with Crippen LogP contribution in [0.2, 0.25) is 0 Å². The van der Waals surface area contributed by atoms with Crippen molar-refractivity contribution in [2.24, 2.45) is 5.41 Å². The molecule has 0 aromatic carbocycles. The van der Waals surface area contributed by atoms with Gasteiger partial charge >= 0.3 is 5.97 Å². The molecule has 4 nitrogen and oxygen atoms in total. The van der Waals surface area contributed by atoms with Gasteiger partial charge in [-0.05, 0) is 19.3 Å². The van der Waals surface area contributed by atoms with E-state index < -0.39 is 11.4 Å². The number of carbonyl (C=O) groups is 1. The van der Waals surface area contributed by atoms with Crippen LogP contribution in [0.15, 0.2) is 12.2 Å². The second kappa shape index (κ2) is 19.4. The Morgan fingerprint density at radius 1 is 0.786 bits per heavy atom. The number of allylic oxidation sites excluding steroid dienone is 1. The lowest BCUT2D eigenvalue weighted by molar-refractivity contribution is -0.143. The van der Waals surface area contributed by atoms with Gasteiger partial charge in [-0.3, -0.25) is 0 Å². The molecule has 0 bridgehead atoms. The molecule has 0 aromatic rings. The molecule has 0 heterocycles. The summed E-state index contributed by atoms with van der Waals surface area (Å²) in [7, 11) is 0. The van der Waals surface area contributed by atoms with Crippen molar-refractivity contribution in [3.63, 3.8) is 0 Å². The SMILES string of the molecule is CCCCCCCCCCCCCCC/C=C/C(=O)OCC(CC)(CO)CO. The van der Waals surface area contributed by atoms with Crippen molar-refractivity contribution < 1.29 is 19.7 Å². The smallest absolute Gasteiger partial charge is 0.330 e. The third-order valence-corrected chi connectivity index (χ3v) is 5.67. The summed E-state index contributed by atoms with van der Waals surface area (Å²) in [4.78, 5) is 11.7. The van der Waals surface area contributed by atoms with Crippen molar-refractivity contribution >= 4 is 5.97 Å². The van der Waals surface area contributed by atoms with Crippen molar-refractivity contribution in [2.45, 2.75) is 110 Å². The standard InChI is InChI=1S/C24H46O4/c1-3-5-6-7-8-9-10-11-12-13-14-15-16-17-18-19-23(27)28-22-24(4-2,20-25)21-26/h18-19,25-26H,3-17,20-22H2,1-2H3/b19-18+. The quantitative estimate of drug-likeness (QED) is 0.151. The van der Waals surface area contributed by atoms with Crippen LogP contribution >= 0.6 is 0 Å². The van der Waals surface area contributed by atoms with Gasteiger partial charge in [-0.15, -0.1) is 0 Å². The van der Waals surface area contributed by atoms with Gasteiger partial charge in [0.15, 0.2) is 0 Å². The van der Waals surface area contributed by atoms with E-state index in [1.165, 1.54) is 83.1 Å². The average Bonchev–Trinajstić information content (AvgIpc) is 2.72. The number of esters is 1. The van der Waals surface area contributed by atoms with Gasteiger partial charge in [-0.25, -0.2) is 4.79 Å². The van der Waals surface area contributed by atoms with E-state index in [0.29, 0.717) is 6.42 Å². The van der Waals surface area contributed by atoms with Crippen LogP contribution in [0.4, 0.5) is 0 Å². The summed E-state index contributed by atoms with van der Waals surface area (Å²) in [6, 6.07) is 0. The van der Waals surface area contributed by atoms with Crippen molar-refractivity contribution in [1.29, 1.82) is 0 Å². The van der Waals surface area contributed by atoms with Crippen LogP contribution < -0.4 is 0 Å². The number of aliphatic hydroxyl groups excluding tert-OH is 2. The minimum Gasteiger partial charge on any atom is -0.462 e. The predicted octanol–water partition coefficient (Wildman–Crippen LogP) is 5.95. The Morgan fingerprint density at radius 2 is 1.25 bits per heavy atom. The molecular weight excluding hydrogens is 352 g/mol. The third-order valence-electron chi connectivity index (χ3n) is 5.67. The van der Waals surface area contributed by atoms with Gasteiger partial charge in [-0.1, -0.05) is 97.0 Å². The Kier molecular flexibility index (Phi) is 18.8. The molecule has 28 heavy (non-hydrogen) atoms. The summed E-state index contributed by atoms with van der Waals surface area (Å²) < 4.78 is 5.15. The Labute approximate surface area is 173 Å². The molecule has 0 aliphatic heterocycles. The van der Waals surface area contributed by atoms with Gasteiger partial charge < -0.3 is 14.9 Å². The Balaban J connectivity index is 3.47. The molecule has 0 fully saturated rings. The van der Waals surface area contributed by atoms with E-state index in [-0.39, 0.29) is 19.8 Å². The predicted molar refractivity (Wildman–Crippen MR) is 117 cm³/mol. The normalized spacial score (nSPS) is 12.0. The van der Waals surface area contributed by atoms with Crippen LogP contribution in [0.3, 0.4) is 0 Å². The van der Waals surface area contributed by atoms with Crippen molar-refractivity contribution in [3.8, 4) is 0 Å². The number of ether oxygens (including phenoxy) is 1. The first kappa shape index (κ1) is 27.1. The van der Waals surface area contributed by atoms with Gasteiger partial charge in [0, 0.05) is 6.08 Å². The summed E-state index contributed by atoms with van der Waals surface area (Å²) in [5.74, 6) is -0.394. The van der Waals surface area contributed by atoms with E-state index in [9.17, 15) is 15.0 Å². The lowest BCUT2D eigenvalue weighted by Gasteiger charge is -2.27. The van der Waals surface area contributed by atoms with E-state index in [2.05, 4.69) is 6.92 Å². The number of rotatable bonds is 20. The molecular formula is C24H46O4. The Bertz CT molecular complexity index is 367. The van der Waals surface area contributed by atoms with Crippen LogP contribution in [0.1, 0.15) is 110 Å². The second-order valence-corrected chi connectivity index (χ2v) is 8.21. The molecule has 0 rings (SSSR count). The molecule has 0 saturated heterocycles. The zero-order chi connectivity index (χ0) is 20.9. The summed E-state index contributed by atoms with van der Waals surface area (Å²) in [6.07, 6.45) is 22.2. The van der Waals surface area contributed by atoms with Crippen molar-refractivity contribution in [1.82, 2.24) is 0 Å². The molecule has 0 unspecified atom stereocenters. The van der Waals surface area contributed by atoms with Crippen LogP contribution in [0, 0.1) is 5.41 Å². The zero-order valence-corrected chi connectivity index (χ0v) is 18.6. The fraction of sp³-hybridized carbons (Fsp3) is 0.875. The maximum Gasteiger partial charge on any atom is 0.330 e. The highest BCUT2D eigenvalue weighted by molar-refractivity contribution is 5.81. The van der Waals surface area contributed by atoms with Crippen molar-refractivity contribution in [2.75, 3.05) is 19.8 Å². The van der Waals surface area contributed by atoms with E-state index in [4.69, 9.17) is 4.74 Å². The van der Waals surface area contributed by atoms with Crippen LogP contribution in [0.25, 0.3) is 0 Å². The number of hydrogen-bond acceptors (Lipinski definition) is 4. The number of aliphatic hydroxyl groups is 2. The fourth-order valence-electron chi connectivity index (χ4n) is 3.20. The van der Waals surface area contributed by atoms with E-state index >= 15 is 0 Å². The number of carbonyl (C=O) groups excluding carboxylic acids is 1. The summed E-state index contributed by atoms with van der Waals surface area (Å²) >= 11 is 0. The molecule has 0 aromatic heterocycles. The molecule has 2 N–H and O–H groups in total. The minimum absolute atomic E-state index is 0.0540. The Morgan fingerprint density at radius 3 is 1.68 bits per heavy atom. The summed E-state index contributed by atoms with van der Waals surface area (Å²) in [5.41, 5.74) is -0.724. The zero-order valence-electron chi connectivity index (χ0n) is 18.6. The molecule has 0 spiro atoms. The van der Waals surface area contributed by atoms with Crippen LogP contribution in [-0.2, 0) is 9.53 Å². The van der Waals surface area contributed by atoms with E-state index in [0.717, 1.165) is 12.8 Å². The molecule has 0 aliphatic rings. The highest BCUT2D eigenvalue weighted by atomic mass is 16.5. The van der Waals surface area contributed by atoms with Gasteiger partial charge in [0.2, 0.25) is 0 Å². The number of hydrogen-bond donors (Lipinski definition) is 2. The number of unbranched alkanes of at least 4 members (excludes halogenated alkanes) is 13. The van der Waals surface area contributed by atoms with Crippen molar-refractivity contribution in [3.05, 3.63) is 12.2 Å². The topological polar surface area (TPSA) is 66.8 Å². The average molecular weight is 399 g/mol. The molecule has 0 aliphatic carbocycles. The largest absolute Gasteiger partial charge is 0.462 e. The monoisotopic (exact) mass is 398 g/mol.